The summed E-state index contributed by atoms with van der Waals surface area (Å²) in [4.78, 5) is 28.5. The van der Waals surface area contributed by atoms with Crippen molar-refractivity contribution >= 4 is 34.3 Å². The molecule has 1 saturated carbocycles. The molecule has 2 N–H and O–H groups in total. The Morgan fingerprint density at radius 1 is 1.10 bits per heavy atom. The number of aromatic amines is 1. The summed E-state index contributed by atoms with van der Waals surface area (Å²) in [5.74, 6) is 1.56. The molecule has 1 aliphatic heterocycles. The van der Waals surface area contributed by atoms with Crippen molar-refractivity contribution in [2.75, 3.05) is 36.4 Å². The number of carbonyl (C=O) groups is 1. The summed E-state index contributed by atoms with van der Waals surface area (Å²) < 4.78 is 0. The predicted octanol–water partition coefficient (Wildman–Crippen LogP) is 3.71. The Bertz CT molecular complexity index is 1030. The number of carbonyl (C=O) groups excluding carboxylic acids is 1. The molecule has 1 aromatic carbocycles. The molecule has 2 aliphatic rings. The summed E-state index contributed by atoms with van der Waals surface area (Å²) in [7, 11) is 0. The van der Waals surface area contributed by atoms with Gasteiger partial charge < -0.3 is 20.1 Å². The predicted molar refractivity (Wildman–Crippen MR) is 119 cm³/mol. The number of benzene rings is 1. The Labute approximate surface area is 176 Å². The highest BCUT2D eigenvalue weighted by molar-refractivity contribution is 5.79. The zero-order valence-corrected chi connectivity index (χ0v) is 17.4. The van der Waals surface area contributed by atoms with E-state index < -0.39 is 0 Å². The van der Waals surface area contributed by atoms with Crippen molar-refractivity contribution in [2.45, 2.75) is 32.6 Å². The van der Waals surface area contributed by atoms with Crippen LogP contribution in [0.1, 0.15) is 31.9 Å². The van der Waals surface area contributed by atoms with Crippen LogP contribution in [0.3, 0.4) is 0 Å². The first-order valence-corrected chi connectivity index (χ1v) is 10.9. The third-order valence-electron chi connectivity index (χ3n) is 6.41. The molecule has 156 valence electrons. The fourth-order valence-corrected chi connectivity index (χ4v) is 4.35. The van der Waals surface area contributed by atoms with E-state index in [0.717, 1.165) is 60.9 Å². The minimum Gasteiger partial charge on any atom is -0.368 e. The van der Waals surface area contributed by atoms with Gasteiger partial charge in [0, 0.05) is 56.1 Å². The lowest BCUT2D eigenvalue weighted by Crippen LogP contribution is -2.48. The van der Waals surface area contributed by atoms with Crippen LogP contribution in [0.4, 0.5) is 17.3 Å². The average Bonchev–Trinajstić information content (AvgIpc) is 3.20. The van der Waals surface area contributed by atoms with Crippen molar-refractivity contribution in [3.8, 4) is 0 Å². The summed E-state index contributed by atoms with van der Waals surface area (Å²) in [6.07, 6.45) is 6.92. The summed E-state index contributed by atoms with van der Waals surface area (Å²) in [5, 5.41) is 4.51. The maximum Gasteiger partial charge on any atom is 0.229 e. The molecule has 1 amide bonds. The molecule has 7 nitrogen and oxygen atoms in total. The van der Waals surface area contributed by atoms with Crippen LogP contribution in [-0.2, 0) is 11.2 Å². The molecule has 0 unspecified atom stereocenters. The van der Waals surface area contributed by atoms with Crippen LogP contribution in [0.5, 0.6) is 0 Å². The first-order chi connectivity index (χ1) is 14.7. The first kappa shape index (κ1) is 18.9. The Morgan fingerprint density at radius 2 is 1.87 bits per heavy atom. The summed E-state index contributed by atoms with van der Waals surface area (Å²) in [6, 6.07) is 10.5. The second-order valence-electron chi connectivity index (χ2n) is 8.40. The van der Waals surface area contributed by atoms with Crippen LogP contribution in [0, 0.1) is 5.92 Å². The SMILES string of the molecule is CC(=O)N1CCN(c2ccc(Nc3nc(CC4CCC4)c4cc[nH]c4n3)cc2)CC1. The van der Waals surface area contributed by atoms with Gasteiger partial charge in [0.25, 0.3) is 0 Å². The number of nitrogens with zero attached hydrogens (tertiary/aromatic N) is 4. The average molecular weight is 405 g/mol. The van der Waals surface area contributed by atoms with Gasteiger partial charge in [0.2, 0.25) is 11.9 Å². The van der Waals surface area contributed by atoms with Crippen molar-refractivity contribution < 1.29 is 4.79 Å². The lowest BCUT2D eigenvalue weighted by atomic mass is 9.82. The van der Waals surface area contributed by atoms with Gasteiger partial charge in [-0.3, -0.25) is 4.79 Å². The second kappa shape index (κ2) is 7.97. The van der Waals surface area contributed by atoms with Crippen molar-refractivity contribution in [1.29, 1.82) is 0 Å². The molecule has 30 heavy (non-hydrogen) atoms. The molecule has 3 heterocycles. The van der Waals surface area contributed by atoms with Gasteiger partial charge in [-0.2, -0.15) is 4.98 Å². The van der Waals surface area contributed by atoms with Gasteiger partial charge in [0.15, 0.2) is 0 Å². The smallest absolute Gasteiger partial charge is 0.229 e. The van der Waals surface area contributed by atoms with Gasteiger partial charge in [-0.05, 0) is 42.7 Å². The van der Waals surface area contributed by atoms with E-state index in [1.807, 2.05) is 11.1 Å². The minimum atomic E-state index is 0.157. The number of H-pyrrole nitrogens is 1. The standard InChI is InChI=1S/C23H28N6O/c1-16(30)28-11-13-29(14-12-28)19-7-5-18(6-8-19)25-23-26-21(15-17-3-2-4-17)20-9-10-24-22(20)27-23/h5-10,17H,2-4,11-15H2,1H3,(H2,24,25,26,27). The highest BCUT2D eigenvalue weighted by Crippen LogP contribution is 2.31. The van der Waals surface area contributed by atoms with Gasteiger partial charge in [0.05, 0.1) is 5.69 Å². The van der Waals surface area contributed by atoms with E-state index in [1.54, 1.807) is 6.92 Å². The zero-order valence-electron chi connectivity index (χ0n) is 17.4. The fourth-order valence-electron chi connectivity index (χ4n) is 4.35. The monoisotopic (exact) mass is 404 g/mol. The first-order valence-electron chi connectivity index (χ1n) is 10.9. The van der Waals surface area contributed by atoms with Crippen LogP contribution in [0.2, 0.25) is 0 Å². The number of piperazine rings is 1. The van der Waals surface area contributed by atoms with E-state index in [9.17, 15) is 4.79 Å². The van der Waals surface area contributed by atoms with Crippen LogP contribution in [-0.4, -0.2) is 51.9 Å². The van der Waals surface area contributed by atoms with Crippen molar-refractivity contribution in [3.63, 3.8) is 0 Å². The van der Waals surface area contributed by atoms with Gasteiger partial charge in [-0.15, -0.1) is 0 Å². The lowest BCUT2D eigenvalue weighted by molar-refractivity contribution is -0.129. The largest absolute Gasteiger partial charge is 0.368 e. The molecular formula is C23H28N6O. The molecule has 2 fully saturated rings. The number of hydrogen-bond donors (Lipinski definition) is 2. The second-order valence-corrected chi connectivity index (χ2v) is 8.40. The third-order valence-corrected chi connectivity index (χ3v) is 6.41. The highest BCUT2D eigenvalue weighted by Gasteiger charge is 2.21. The zero-order chi connectivity index (χ0) is 20.5. The number of aromatic nitrogens is 3. The molecule has 0 radical (unpaired) electrons. The number of rotatable bonds is 5. The topological polar surface area (TPSA) is 77.2 Å². The Hall–Kier alpha value is -3.09. The number of anilines is 3. The van der Waals surface area contributed by atoms with Gasteiger partial charge in [-0.25, -0.2) is 4.98 Å². The quantitative estimate of drug-likeness (QED) is 0.678. The van der Waals surface area contributed by atoms with E-state index in [1.165, 1.54) is 24.9 Å². The number of nitrogens with one attached hydrogen (secondary N) is 2. The summed E-state index contributed by atoms with van der Waals surface area (Å²) >= 11 is 0. The third kappa shape index (κ3) is 3.84. The maximum absolute atomic E-state index is 11.5. The number of fused-ring (bicyclic) bond motifs is 1. The molecule has 0 bridgehead atoms. The molecule has 5 rings (SSSR count). The van der Waals surface area contributed by atoms with E-state index in [2.05, 4.69) is 50.5 Å². The highest BCUT2D eigenvalue weighted by atomic mass is 16.2. The van der Waals surface area contributed by atoms with Crippen molar-refractivity contribution in [3.05, 3.63) is 42.2 Å². The maximum atomic E-state index is 11.5. The molecule has 0 spiro atoms. The van der Waals surface area contributed by atoms with E-state index >= 15 is 0 Å². The van der Waals surface area contributed by atoms with E-state index in [4.69, 9.17) is 4.98 Å². The van der Waals surface area contributed by atoms with Crippen LogP contribution in [0.25, 0.3) is 11.0 Å². The van der Waals surface area contributed by atoms with Crippen LogP contribution >= 0.6 is 0 Å². The van der Waals surface area contributed by atoms with Crippen LogP contribution in [0.15, 0.2) is 36.5 Å². The van der Waals surface area contributed by atoms with Crippen molar-refractivity contribution in [2.24, 2.45) is 5.92 Å². The van der Waals surface area contributed by atoms with Crippen molar-refractivity contribution in [1.82, 2.24) is 19.9 Å². The lowest BCUT2D eigenvalue weighted by Gasteiger charge is -2.35. The minimum absolute atomic E-state index is 0.157. The molecule has 2 aromatic heterocycles. The summed E-state index contributed by atoms with van der Waals surface area (Å²) in [5.41, 5.74) is 4.17. The Kier molecular flexibility index (Phi) is 5.02. The molecular weight excluding hydrogens is 376 g/mol. The van der Waals surface area contributed by atoms with Gasteiger partial charge in [-0.1, -0.05) is 19.3 Å². The molecule has 1 saturated heterocycles. The molecule has 7 heteroatoms. The number of amides is 1. The Balaban J connectivity index is 1.29. The van der Waals surface area contributed by atoms with Gasteiger partial charge in [0.1, 0.15) is 5.65 Å². The van der Waals surface area contributed by atoms with E-state index in [-0.39, 0.29) is 5.91 Å². The fraction of sp³-hybridized carbons (Fsp3) is 0.435. The normalized spacial score (nSPS) is 17.2. The molecule has 1 aliphatic carbocycles. The van der Waals surface area contributed by atoms with Gasteiger partial charge >= 0.3 is 0 Å². The molecule has 3 aromatic rings. The Morgan fingerprint density at radius 3 is 2.53 bits per heavy atom. The van der Waals surface area contributed by atoms with E-state index in [0.29, 0.717) is 5.95 Å². The molecule has 0 atom stereocenters. The van der Waals surface area contributed by atoms with Crippen LogP contribution < -0.4 is 10.2 Å². The summed E-state index contributed by atoms with van der Waals surface area (Å²) in [6.45, 7) is 4.93. The number of hydrogen-bond acceptors (Lipinski definition) is 5.